The molecule has 0 aromatic heterocycles. The van der Waals surface area contributed by atoms with Crippen molar-refractivity contribution in [1.29, 1.82) is 0 Å². The summed E-state index contributed by atoms with van der Waals surface area (Å²) >= 11 is 12.6. The number of benzene rings is 1. The number of rotatable bonds is 2. The predicted molar refractivity (Wildman–Crippen MR) is 101 cm³/mol. The van der Waals surface area contributed by atoms with E-state index in [0.717, 1.165) is 31.4 Å². The van der Waals surface area contributed by atoms with E-state index in [2.05, 4.69) is 5.32 Å². The molecule has 138 valence electrons. The lowest BCUT2D eigenvalue weighted by atomic mass is 9.93. The van der Waals surface area contributed by atoms with Gasteiger partial charge in [0.1, 0.15) is 0 Å². The van der Waals surface area contributed by atoms with Crippen molar-refractivity contribution in [3.63, 3.8) is 0 Å². The molecule has 3 aliphatic rings. The molecule has 1 aliphatic carbocycles. The average molecular weight is 394 g/mol. The van der Waals surface area contributed by atoms with Crippen LogP contribution in [0.2, 0.25) is 10.0 Å². The van der Waals surface area contributed by atoms with Crippen molar-refractivity contribution in [3.05, 3.63) is 45.1 Å². The molecule has 0 unspecified atom stereocenters. The predicted octanol–water partition coefficient (Wildman–Crippen LogP) is 4.12. The number of likely N-dealkylation sites (N-methyl/N-ethyl adjacent to an activating group) is 1. The van der Waals surface area contributed by atoms with Gasteiger partial charge < -0.3 is 10.2 Å². The number of urea groups is 1. The van der Waals surface area contributed by atoms with E-state index in [1.165, 1.54) is 6.42 Å². The molecule has 2 aliphatic heterocycles. The van der Waals surface area contributed by atoms with Gasteiger partial charge in [-0.25, -0.2) is 4.79 Å². The monoisotopic (exact) mass is 393 g/mol. The van der Waals surface area contributed by atoms with Crippen molar-refractivity contribution in [2.45, 2.75) is 44.2 Å². The van der Waals surface area contributed by atoms with Crippen LogP contribution in [-0.2, 0) is 4.79 Å². The molecule has 1 fully saturated rings. The topological polar surface area (TPSA) is 52.7 Å². The molecule has 0 saturated heterocycles. The Bertz CT molecular complexity index is 802. The molecule has 1 saturated carbocycles. The largest absolute Gasteiger partial charge is 0.330 e. The molecular weight excluding hydrogens is 373 g/mol. The maximum atomic E-state index is 13.3. The van der Waals surface area contributed by atoms with E-state index in [9.17, 15) is 9.59 Å². The average Bonchev–Trinajstić information content (AvgIpc) is 2.99. The summed E-state index contributed by atoms with van der Waals surface area (Å²) in [6.45, 7) is 0.484. The quantitative estimate of drug-likeness (QED) is 0.821. The van der Waals surface area contributed by atoms with E-state index in [1.807, 2.05) is 11.0 Å². The van der Waals surface area contributed by atoms with Crippen LogP contribution in [-0.4, -0.2) is 41.4 Å². The summed E-state index contributed by atoms with van der Waals surface area (Å²) in [4.78, 5) is 29.2. The van der Waals surface area contributed by atoms with Gasteiger partial charge in [0.05, 0.1) is 33.9 Å². The lowest BCUT2D eigenvalue weighted by Gasteiger charge is -2.31. The molecule has 1 N–H and O–H groups in total. The van der Waals surface area contributed by atoms with Crippen LogP contribution < -0.4 is 5.32 Å². The first-order chi connectivity index (χ1) is 12.5. The zero-order chi connectivity index (χ0) is 18.4. The Labute approximate surface area is 162 Å². The summed E-state index contributed by atoms with van der Waals surface area (Å²) in [6.07, 6.45) is 5.58. The van der Waals surface area contributed by atoms with E-state index in [0.29, 0.717) is 27.7 Å². The molecule has 0 bridgehead atoms. The first-order valence-corrected chi connectivity index (χ1v) is 9.76. The number of amides is 3. The van der Waals surface area contributed by atoms with Crippen molar-refractivity contribution < 1.29 is 9.59 Å². The Kier molecular flexibility index (Phi) is 4.61. The Morgan fingerprint density at radius 1 is 1.12 bits per heavy atom. The molecule has 1 aromatic rings. The Hall–Kier alpha value is -1.72. The second-order valence-corrected chi connectivity index (χ2v) is 7.95. The molecule has 1 atom stereocenters. The summed E-state index contributed by atoms with van der Waals surface area (Å²) < 4.78 is 0. The van der Waals surface area contributed by atoms with Gasteiger partial charge in [-0.05, 0) is 24.5 Å². The third-order valence-electron chi connectivity index (χ3n) is 5.70. The summed E-state index contributed by atoms with van der Waals surface area (Å²) in [7, 11) is 1.71. The smallest absolute Gasteiger partial charge is 0.322 e. The zero-order valence-corrected chi connectivity index (χ0v) is 16.1. The van der Waals surface area contributed by atoms with Crippen LogP contribution in [0.3, 0.4) is 0 Å². The molecule has 2 heterocycles. The van der Waals surface area contributed by atoms with Crippen molar-refractivity contribution >= 4 is 35.1 Å². The van der Waals surface area contributed by atoms with Crippen molar-refractivity contribution in [3.8, 4) is 0 Å². The minimum atomic E-state index is -0.569. The lowest BCUT2D eigenvalue weighted by molar-refractivity contribution is -0.128. The van der Waals surface area contributed by atoms with Crippen LogP contribution in [0.4, 0.5) is 4.79 Å². The Morgan fingerprint density at radius 2 is 1.85 bits per heavy atom. The van der Waals surface area contributed by atoms with Crippen LogP contribution in [0.15, 0.2) is 29.5 Å². The van der Waals surface area contributed by atoms with E-state index < -0.39 is 6.04 Å². The van der Waals surface area contributed by atoms with Gasteiger partial charge in [0.15, 0.2) is 0 Å². The van der Waals surface area contributed by atoms with Gasteiger partial charge in [-0.2, -0.15) is 0 Å². The van der Waals surface area contributed by atoms with Gasteiger partial charge in [0, 0.05) is 13.1 Å². The van der Waals surface area contributed by atoms with Crippen LogP contribution in [0.5, 0.6) is 0 Å². The van der Waals surface area contributed by atoms with Crippen LogP contribution in [0.25, 0.3) is 0 Å². The van der Waals surface area contributed by atoms with E-state index in [-0.39, 0.29) is 18.0 Å². The van der Waals surface area contributed by atoms with Gasteiger partial charge in [-0.1, -0.05) is 54.6 Å². The molecule has 1 aromatic carbocycles. The lowest BCUT2D eigenvalue weighted by Crippen LogP contribution is -2.45. The highest BCUT2D eigenvalue weighted by atomic mass is 35.5. The molecule has 0 radical (unpaired) electrons. The highest BCUT2D eigenvalue weighted by molar-refractivity contribution is 6.42. The molecule has 7 heteroatoms. The number of nitrogens with one attached hydrogen (secondary N) is 1. The van der Waals surface area contributed by atoms with Crippen molar-refractivity contribution in [2.24, 2.45) is 0 Å². The zero-order valence-electron chi connectivity index (χ0n) is 14.6. The second kappa shape index (κ2) is 6.78. The summed E-state index contributed by atoms with van der Waals surface area (Å²) in [6, 6.07) is 4.74. The standard InChI is InChI=1S/C19H21Cl2N3O2/c1-23-14-10-24(11-6-3-2-4-7-11)18(25)15(14)17(22-19(23)26)12-8-5-9-13(20)16(12)21/h5,8-9,11,17H,2-4,6-7,10H2,1H3,(H,22,26)/t17-/m1/s1. The maximum Gasteiger partial charge on any atom is 0.322 e. The molecule has 5 nitrogen and oxygen atoms in total. The van der Waals surface area contributed by atoms with Gasteiger partial charge in [-0.3, -0.25) is 9.69 Å². The molecular formula is C19H21Cl2N3O2. The fraction of sp³-hybridized carbons (Fsp3) is 0.474. The number of nitrogens with zero attached hydrogens (tertiary/aromatic N) is 2. The minimum Gasteiger partial charge on any atom is -0.330 e. The number of carbonyl (C=O) groups excluding carboxylic acids is 2. The first-order valence-electron chi connectivity index (χ1n) is 9.01. The van der Waals surface area contributed by atoms with Gasteiger partial charge in [-0.15, -0.1) is 0 Å². The molecule has 0 spiro atoms. The van der Waals surface area contributed by atoms with Gasteiger partial charge in [0.25, 0.3) is 5.91 Å². The maximum absolute atomic E-state index is 13.3. The third kappa shape index (κ3) is 2.78. The number of hydrogen-bond donors (Lipinski definition) is 1. The van der Waals surface area contributed by atoms with Gasteiger partial charge in [0.2, 0.25) is 0 Å². The third-order valence-corrected chi connectivity index (χ3v) is 6.53. The fourth-order valence-electron chi connectivity index (χ4n) is 4.25. The Balaban J connectivity index is 1.74. The first kappa shape index (κ1) is 17.7. The van der Waals surface area contributed by atoms with E-state index >= 15 is 0 Å². The SMILES string of the molecule is CN1C(=O)N[C@H](c2cccc(Cl)c2Cl)C2=C1CN(C1CCCCC1)C2=O. The fourth-order valence-corrected chi connectivity index (χ4v) is 4.67. The number of halogens is 2. The van der Waals surface area contributed by atoms with Crippen molar-refractivity contribution in [1.82, 2.24) is 15.1 Å². The van der Waals surface area contributed by atoms with Crippen LogP contribution in [0.1, 0.15) is 43.7 Å². The van der Waals surface area contributed by atoms with Gasteiger partial charge >= 0.3 is 6.03 Å². The van der Waals surface area contributed by atoms with E-state index in [1.54, 1.807) is 24.1 Å². The highest BCUT2D eigenvalue weighted by Gasteiger charge is 2.45. The normalized spacial score (nSPS) is 24.2. The summed E-state index contributed by atoms with van der Waals surface area (Å²) in [5, 5.41) is 3.70. The Morgan fingerprint density at radius 3 is 2.58 bits per heavy atom. The van der Waals surface area contributed by atoms with Crippen molar-refractivity contribution in [2.75, 3.05) is 13.6 Å². The van der Waals surface area contributed by atoms with E-state index in [4.69, 9.17) is 23.2 Å². The highest BCUT2D eigenvalue weighted by Crippen LogP contribution is 2.41. The van der Waals surface area contributed by atoms with Crippen LogP contribution in [0, 0.1) is 0 Å². The number of carbonyl (C=O) groups is 2. The summed E-state index contributed by atoms with van der Waals surface area (Å²) in [5.74, 6) is -0.000192. The molecule has 26 heavy (non-hydrogen) atoms. The molecule has 4 rings (SSSR count). The minimum absolute atomic E-state index is 0.000192. The molecule has 3 amide bonds. The van der Waals surface area contributed by atoms with Crippen LogP contribution >= 0.6 is 23.2 Å². The number of hydrogen-bond acceptors (Lipinski definition) is 2. The summed E-state index contributed by atoms with van der Waals surface area (Å²) in [5.41, 5.74) is 2.04. The second-order valence-electron chi connectivity index (χ2n) is 7.17.